The Morgan fingerprint density at radius 2 is 1.76 bits per heavy atom. The van der Waals surface area contributed by atoms with Gasteiger partial charge in [0.25, 0.3) is 0 Å². The van der Waals surface area contributed by atoms with E-state index in [0.717, 1.165) is 12.1 Å². The van der Waals surface area contributed by atoms with E-state index in [4.69, 9.17) is 0 Å². The number of aliphatic hydroxyl groups excluding tert-OH is 1. The molecule has 1 fully saturated rings. The summed E-state index contributed by atoms with van der Waals surface area (Å²) in [5, 5.41) is 10.2. The van der Waals surface area contributed by atoms with Gasteiger partial charge in [-0.3, -0.25) is 9.69 Å². The zero-order chi connectivity index (χ0) is 17.6. The van der Waals surface area contributed by atoms with Gasteiger partial charge in [-0.25, -0.2) is 4.39 Å². The summed E-state index contributed by atoms with van der Waals surface area (Å²) in [5.74, 6) is -0.271. The van der Waals surface area contributed by atoms with Crippen molar-refractivity contribution in [1.82, 2.24) is 9.80 Å². The Balaban J connectivity index is 1.49. The maximum Gasteiger partial charge on any atom is 0.237 e. The van der Waals surface area contributed by atoms with Crippen LogP contribution in [0.25, 0.3) is 0 Å². The number of halogens is 1. The number of carbonyl (C=O) groups excluding carboxylic acids is 1. The van der Waals surface area contributed by atoms with Crippen molar-refractivity contribution in [2.24, 2.45) is 0 Å². The van der Waals surface area contributed by atoms with Crippen molar-refractivity contribution in [3.05, 3.63) is 71.5 Å². The van der Waals surface area contributed by atoms with Crippen LogP contribution in [0.2, 0.25) is 0 Å². The van der Waals surface area contributed by atoms with Gasteiger partial charge >= 0.3 is 0 Å². The van der Waals surface area contributed by atoms with E-state index in [9.17, 15) is 14.3 Å². The Kier molecular flexibility index (Phi) is 5.79. The second-order valence-electron chi connectivity index (χ2n) is 6.40. The van der Waals surface area contributed by atoms with E-state index >= 15 is 0 Å². The Morgan fingerprint density at radius 3 is 2.48 bits per heavy atom. The van der Waals surface area contributed by atoms with Crippen LogP contribution in [0.3, 0.4) is 0 Å². The van der Waals surface area contributed by atoms with Crippen LogP contribution in [0.15, 0.2) is 54.6 Å². The Hall–Kier alpha value is -2.24. The van der Waals surface area contributed by atoms with Gasteiger partial charge in [-0.1, -0.05) is 48.5 Å². The molecule has 0 radical (unpaired) electrons. The maximum absolute atomic E-state index is 13.7. The van der Waals surface area contributed by atoms with Crippen molar-refractivity contribution in [3.63, 3.8) is 0 Å². The van der Waals surface area contributed by atoms with E-state index in [1.807, 2.05) is 35.2 Å². The van der Waals surface area contributed by atoms with Gasteiger partial charge in [0.2, 0.25) is 5.91 Å². The number of piperazine rings is 1. The molecular weight excluding hydrogens is 319 g/mol. The largest absolute Gasteiger partial charge is 0.388 e. The van der Waals surface area contributed by atoms with Crippen molar-refractivity contribution >= 4 is 5.91 Å². The summed E-state index contributed by atoms with van der Waals surface area (Å²) < 4.78 is 13.7. The third-order valence-electron chi connectivity index (χ3n) is 4.62. The SMILES string of the molecule is O=C1CN(CC[C@@H](O)c2ccccc2)CCN1Cc1ccccc1F. The summed E-state index contributed by atoms with van der Waals surface area (Å²) in [5.41, 5.74) is 1.44. The topological polar surface area (TPSA) is 43.8 Å². The fourth-order valence-corrected chi connectivity index (χ4v) is 3.09. The Bertz CT molecular complexity index is 708. The highest BCUT2D eigenvalue weighted by Crippen LogP contribution is 2.18. The number of carbonyl (C=O) groups is 1. The summed E-state index contributed by atoms with van der Waals surface area (Å²) >= 11 is 0. The van der Waals surface area contributed by atoms with Gasteiger partial charge in [-0.15, -0.1) is 0 Å². The van der Waals surface area contributed by atoms with Crippen LogP contribution in [-0.2, 0) is 11.3 Å². The normalized spacial score (nSPS) is 16.9. The van der Waals surface area contributed by atoms with E-state index in [0.29, 0.717) is 38.2 Å². The second-order valence-corrected chi connectivity index (χ2v) is 6.40. The molecule has 0 unspecified atom stereocenters. The van der Waals surface area contributed by atoms with Crippen molar-refractivity contribution in [3.8, 4) is 0 Å². The molecule has 3 rings (SSSR count). The minimum Gasteiger partial charge on any atom is -0.388 e. The molecule has 0 spiro atoms. The summed E-state index contributed by atoms with van der Waals surface area (Å²) in [7, 11) is 0. The molecule has 2 aromatic carbocycles. The molecule has 1 saturated heterocycles. The molecule has 2 aromatic rings. The van der Waals surface area contributed by atoms with Crippen molar-refractivity contribution in [2.75, 3.05) is 26.2 Å². The molecule has 132 valence electrons. The summed E-state index contributed by atoms with van der Waals surface area (Å²) in [6.45, 7) is 2.60. The third-order valence-corrected chi connectivity index (χ3v) is 4.62. The van der Waals surface area contributed by atoms with E-state index in [1.54, 1.807) is 23.1 Å². The molecule has 0 bridgehead atoms. The number of nitrogens with zero attached hydrogens (tertiary/aromatic N) is 2. The van der Waals surface area contributed by atoms with Crippen LogP contribution in [-0.4, -0.2) is 47.0 Å². The standard InChI is InChI=1S/C20H23FN2O2/c21-18-9-5-4-8-17(18)14-23-13-12-22(15-20(23)25)11-10-19(24)16-6-2-1-3-7-16/h1-9,19,24H,10-15H2/t19-/m1/s1. The first kappa shape index (κ1) is 17.6. The first-order valence-corrected chi connectivity index (χ1v) is 8.60. The fraction of sp³-hybridized carbons (Fsp3) is 0.350. The molecule has 0 aromatic heterocycles. The predicted octanol–water partition coefficient (Wildman–Crippen LogP) is 2.59. The molecule has 1 atom stereocenters. The minimum atomic E-state index is -0.521. The van der Waals surface area contributed by atoms with E-state index in [1.165, 1.54) is 6.07 Å². The number of aliphatic hydroxyl groups is 1. The van der Waals surface area contributed by atoms with Crippen molar-refractivity contribution in [1.29, 1.82) is 0 Å². The van der Waals surface area contributed by atoms with E-state index in [-0.39, 0.29) is 11.7 Å². The Morgan fingerprint density at radius 1 is 1.04 bits per heavy atom. The molecule has 4 nitrogen and oxygen atoms in total. The van der Waals surface area contributed by atoms with Crippen LogP contribution in [0.5, 0.6) is 0 Å². The van der Waals surface area contributed by atoms with Crippen LogP contribution >= 0.6 is 0 Å². The lowest BCUT2D eigenvalue weighted by Gasteiger charge is -2.34. The van der Waals surface area contributed by atoms with Gasteiger partial charge in [0.15, 0.2) is 0 Å². The van der Waals surface area contributed by atoms with Gasteiger partial charge in [0.05, 0.1) is 12.6 Å². The molecular formula is C20H23FN2O2. The average molecular weight is 342 g/mol. The lowest BCUT2D eigenvalue weighted by atomic mass is 10.1. The van der Waals surface area contributed by atoms with Crippen LogP contribution in [0.4, 0.5) is 4.39 Å². The zero-order valence-corrected chi connectivity index (χ0v) is 14.1. The molecule has 0 saturated carbocycles. The monoisotopic (exact) mass is 342 g/mol. The fourth-order valence-electron chi connectivity index (χ4n) is 3.09. The average Bonchev–Trinajstić information content (AvgIpc) is 2.64. The lowest BCUT2D eigenvalue weighted by Crippen LogP contribution is -2.50. The predicted molar refractivity (Wildman–Crippen MR) is 94.3 cm³/mol. The van der Waals surface area contributed by atoms with Gasteiger partial charge in [0, 0.05) is 31.7 Å². The highest BCUT2D eigenvalue weighted by Gasteiger charge is 2.24. The molecule has 0 aliphatic carbocycles. The van der Waals surface area contributed by atoms with Gasteiger partial charge in [0.1, 0.15) is 5.82 Å². The van der Waals surface area contributed by atoms with Crippen LogP contribution in [0, 0.1) is 5.82 Å². The highest BCUT2D eigenvalue weighted by atomic mass is 19.1. The lowest BCUT2D eigenvalue weighted by molar-refractivity contribution is -0.136. The molecule has 5 heteroatoms. The number of amides is 1. The van der Waals surface area contributed by atoms with E-state index in [2.05, 4.69) is 0 Å². The molecule has 25 heavy (non-hydrogen) atoms. The smallest absolute Gasteiger partial charge is 0.237 e. The first-order valence-electron chi connectivity index (χ1n) is 8.60. The molecule has 1 N–H and O–H groups in total. The van der Waals surface area contributed by atoms with Crippen molar-refractivity contribution < 1.29 is 14.3 Å². The minimum absolute atomic E-state index is 0.00343. The molecule has 1 aliphatic heterocycles. The van der Waals surface area contributed by atoms with Gasteiger partial charge in [-0.05, 0) is 18.1 Å². The number of rotatable bonds is 6. The second kappa shape index (κ2) is 8.23. The molecule has 1 aliphatic rings. The summed E-state index contributed by atoms with van der Waals surface area (Å²) in [6.07, 6.45) is 0.0673. The van der Waals surface area contributed by atoms with Gasteiger partial charge in [-0.2, -0.15) is 0 Å². The Labute approximate surface area is 147 Å². The van der Waals surface area contributed by atoms with Gasteiger partial charge < -0.3 is 10.0 Å². The molecule has 1 heterocycles. The summed E-state index contributed by atoms with van der Waals surface area (Å²) in [4.78, 5) is 16.1. The quantitative estimate of drug-likeness (QED) is 0.878. The van der Waals surface area contributed by atoms with Crippen LogP contribution in [0.1, 0.15) is 23.7 Å². The maximum atomic E-state index is 13.7. The highest BCUT2D eigenvalue weighted by molar-refractivity contribution is 5.79. The summed E-state index contributed by atoms with van der Waals surface area (Å²) in [6, 6.07) is 16.1. The zero-order valence-electron chi connectivity index (χ0n) is 14.1. The van der Waals surface area contributed by atoms with Crippen molar-refractivity contribution in [2.45, 2.75) is 19.1 Å². The first-order chi connectivity index (χ1) is 12.1. The number of hydrogen-bond acceptors (Lipinski definition) is 3. The number of benzene rings is 2. The number of hydrogen-bond donors (Lipinski definition) is 1. The third kappa shape index (κ3) is 4.65. The molecule has 1 amide bonds. The van der Waals surface area contributed by atoms with E-state index < -0.39 is 6.10 Å². The van der Waals surface area contributed by atoms with Crippen LogP contribution < -0.4 is 0 Å².